The molecule has 0 unspecified atom stereocenters. The summed E-state index contributed by atoms with van der Waals surface area (Å²) in [4.78, 5) is 0. The van der Waals surface area contributed by atoms with Gasteiger partial charge in [-0.05, 0) is 29.8 Å². The summed E-state index contributed by atoms with van der Waals surface area (Å²) in [6.45, 7) is 0. The Balaban J connectivity index is 1.70. The van der Waals surface area contributed by atoms with Gasteiger partial charge in [0.05, 0.1) is 5.69 Å². The molecular formula is C20H16N4O2. The highest BCUT2D eigenvalue weighted by Crippen LogP contribution is 2.27. The Kier molecular flexibility index (Phi) is 4.07. The molecule has 4 aromatic rings. The zero-order chi connectivity index (χ0) is 17.9. The summed E-state index contributed by atoms with van der Waals surface area (Å²) in [6.07, 6.45) is 3.55. The molecule has 0 bridgehead atoms. The van der Waals surface area contributed by atoms with E-state index in [4.69, 9.17) is 0 Å². The lowest BCUT2D eigenvalue weighted by Crippen LogP contribution is -2.23. The Labute approximate surface area is 150 Å². The van der Waals surface area contributed by atoms with Crippen LogP contribution in [0, 0.1) is 5.21 Å². The maximum atomic E-state index is 11.2. The smallest absolute Gasteiger partial charge is 0.180 e. The number of phenolic OH excluding ortho intramolecular Hbond substituents is 1. The quantitative estimate of drug-likeness (QED) is 0.337. The number of pyridine rings is 1. The van der Waals surface area contributed by atoms with Crippen molar-refractivity contribution in [1.82, 2.24) is 10.2 Å². The van der Waals surface area contributed by atoms with Gasteiger partial charge in [0.2, 0.25) is 0 Å². The minimum atomic E-state index is 0.212. The molecule has 2 heterocycles. The van der Waals surface area contributed by atoms with Gasteiger partial charge >= 0.3 is 0 Å². The van der Waals surface area contributed by atoms with Gasteiger partial charge in [0.1, 0.15) is 5.75 Å². The summed E-state index contributed by atoms with van der Waals surface area (Å²) in [7, 11) is 0. The van der Waals surface area contributed by atoms with Gasteiger partial charge in [-0.3, -0.25) is 0 Å². The van der Waals surface area contributed by atoms with Crippen molar-refractivity contribution in [1.29, 1.82) is 0 Å². The Morgan fingerprint density at radius 3 is 2.31 bits per heavy atom. The number of hydrogen-bond donors (Lipinski definition) is 2. The van der Waals surface area contributed by atoms with Crippen LogP contribution in [0.4, 0.5) is 11.5 Å². The summed E-state index contributed by atoms with van der Waals surface area (Å²) in [5.41, 5.74) is 2.66. The summed E-state index contributed by atoms with van der Waals surface area (Å²) >= 11 is 0. The third kappa shape index (κ3) is 3.25. The first-order valence-corrected chi connectivity index (χ1v) is 8.17. The molecule has 2 aromatic carbocycles. The van der Waals surface area contributed by atoms with Crippen molar-refractivity contribution in [2.75, 3.05) is 5.32 Å². The molecule has 0 fully saturated rings. The van der Waals surface area contributed by atoms with Crippen LogP contribution in [0.25, 0.3) is 10.8 Å². The highest BCUT2D eigenvalue weighted by molar-refractivity contribution is 5.94. The van der Waals surface area contributed by atoms with E-state index in [2.05, 4.69) is 15.5 Å². The topological polar surface area (TPSA) is 85.0 Å². The number of phenols is 1. The van der Waals surface area contributed by atoms with Crippen molar-refractivity contribution in [2.45, 2.75) is 6.42 Å². The summed E-state index contributed by atoms with van der Waals surface area (Å²) in [5.74, 6) is 0.865. The predicted octanol–water partition coefficient (Wildman–Crippen LogP) is 3.30. The van der Waals surface area contributed by atoms with Gasteiger partial charge in [-0.25, -0.2) is 0 Å². The van der Waals surface area contributed by atoms with E-state index in [9.17, 15) is 10.3 Å². The molecular weight excluding hydrogens is 328 g/mol. The highest BCUT2D eigenvalue weighted by Gasteiger charge is 2.10. The van der Waals surface area contributed by atoms with Crippen LogP contribution in [0.5, 0.6) is 5.75 Å². The molecule has 6 heteroatoms. The zero-order valence-electron chi connectivity index (χ0n) is 13.8. The van der Waals surface area contributed by atoms with Crippen LogP contribution in [0.3, 0.4) is 0 Å². The lowest BCUT2D eigenvalue weighted by atomic mass is 10.0. The largest absolute Gasteiger partial charge is 0.619 e. The Bertz CT molecular complexity index is 962. The number of hydrogen-bond acceptors (Lipinski definition) is 5. The molecule has 0 radical (unpaired) electrons. The van der Waals surface area contributed by atoms with Crippen molar-refractivity contribution >= 4 is 22.3 Å². The molecule has 2 aromatic heterocycles. The average Bonchev–Trinajstić information content (AvgIpc) is 2.67. The monoisotopic (exact) mass is 344 g/mol. The average molecular weight is 344 g/mol. The van der Waals surface area contributed by atoms with Crippen LogP contribution in [0.1, 0.15) is 11.3 Å². The number of anilines is 2. The van der Waals surface area contributed by atoms with E-state index in [-0.39, 0.29) is 5.75 Å². The third-order valence-electron chi connectivity index (χ3n) is 4.14. The van der Waals surface area contributed by atoms with Crippen molar-refractivity contribution < 1.29 is 9.84 Å². The fraction of sp³-hybridized carbons (Fsp3) is 0.0500. The number of rotatable bonds is 4. The lowest BCUT2D eigenvalue weighted by molar-refractivity contribution is -0.605. The number of aromatic hydroxyl groups is 1. The van der Waals surface area contributed by atoms with Gasteiger partial charge in [-0.1, -0.05) is 24.3 Å². The molecule has 4 rings (SSSR count). The maximum Gasteiger partial charge on any atom is 0.180 e. The number of nitrogens with one attached hydrogen (secondary N) is 1. The van der Waals surface area contributed by atoms with Crippen LogP contribution in [-0.2, 0) is 6.42 Å². The standard InChI is InChI=1S/C20H16N4O2/c25-16-7-5-15(6-8-16)21-20-18-4-2-1-3-17(18)19(22-23-20)13-14-9-11-24(26)12-10-14/h1-12,25H,13H2,(H,21,23). The first kappa shape index (κ1) is 15.8. The molecule has 0 saturated carbocycles. The van der Waals surface area contributed by atoms with Gasteiger partial charge in [-0.2, -0.15) is 9.83 Å². The van der Waals surface area contributed by atoms with E-state index in [1.165, 1.54) is 12.4 Å². The predicted molar refractivity (Wildman–Crippen MR) is 99.1 cm³/mol. The number of benzene rings is 2. The van der Waals surface area contributed by atoms with Gasteiger partial charge < -0.3 is 15.6 Å². The Morgan fingerprint density at radius 1 is 0.885 bits per heavy atom. The number of aromatic nitrogens is 3. The van der Waals surface area contributed by atoms with Crippen molar-refractivity contribution in [3.05, 3.63) is 89.5 Å². The van der Waals surface area contributed by atoms with E-state index in [1.54, 1.807) is 36.4 Å². The Morgan fingerprint density at radius 2 is 1.58 bits per heavy atom. The SMILES string of the molecule is [O-][n+]1ccc(Cc2nnc(Nc3ccc(O)cc3)c3ccccc23)cc1. The Hall–Kier alpha value is -3.67. The zero-order valence-corrected chi connectivity index (χ0v) is 13.8. The minimum Gasteiger partial charge on any atom is -0.619 e. The molecule has 0 aliphatic heterocycles. The molecule has 0 amide bonds. The molecule has 0 saturated heterocycles. The normalized spacial score (nSPS) is 10.8. The van der Waals surface area contributed by atoms with E-state index >= 15 is 0 Å². The molecule has 6 nitrogen and oxygen atoms in total. The van der Waals surface area contributed by atoms with Crippen LogP contribution in [0.15, 0.2) is 73.1 Å². The van der Waals surface area contributed by atoms with Crippen LogP contribution in [0.2, 0.25) is 0 Å². The molecule has 0 spiro atoms. The summed E-state index contributed by atoms with van der Waals surface area (Å²) in [6, 6.07) is 18.3. The molecule has 26 heavy (non-hydrogen) atoms. The van der Waals surface area contributed by atoms with E-state index < -0.39 is 0 Å². The summed E-state index contributed by atoms with van der Waals surface area (Å²) in [5, 5.41) is 34.5. The van der Waals surface area contributed by atoms with E-state index in [0.717, 1.165) is 32.4 Å². The second kappa shape index (κ2) is 6.68. The van der Waals surface area contributed by atoms with Gasteiger partial charge in [0.15, 0.2) is 18.2 Å². The molecule has 0 atom stereocenters. The second-order valence-corrected chi connectivity index (χ2v) is 5.96. The van der Waals surface area contributed by atoms with Crippen molar-refractivity contribution in [3.8, 4) is 5.75 Å². The van der Waals surface area contributed by atoms with Gasteiger partial charge in [-0.15, -0.1) is 5.10 Å². The number of nitrogens with zero attached hydrogens (tertiary/aromatic N) is 3. The van der Waals surface area contributed by atoms with Crippen LogP contribution < -0.4 is 10.0 Å². The number of fused-ring (bicyclic) bond motifs is 1. The van der Waals surface area contributed by atoms with Crippen molar-refractivity contribution in [2.24, 2.45) is 0 Å². The highest BCUT2D eigenvalue weighted by atomic mass is 16.5. The third-order valence-corrected chi connectivity index (χ3v) is 4.14. The first-order chi connectivity index (χ1) is 12.7. The molecule has 2 N–H and O–H groups in total. The summed E-state index contributed by atoms with van der Waals surface area (Å²) < 4.78 is 0.762. The fourth-order valence-electron chi connectivity index (χ4n) is 2.82. The minimum absolute atomic E-state index is 0.212. The first-order valence-electron chi connectivity index (χ1n) is 8.17. The van der Waals surface area contributed by atoms with Crippen LogP contribution in [-0.4, -0.2) is 15.3 Å². The molecule has 0 aliphatic carbocycles. The van der Waals surface area contributed by atoms with E-state index in [1.807, 2.05) is 24.3 Å². The van der Waals surface area contributed by atoms with E-state index in [0.29, 0.717) is 12.2 Å². The fourth-order valence-corrected chi connectivity index (χ4v) is 2.82. The molecule has 128 valence electrons. The van der Waals surface area contributed by atoms with Gasteiger partial charge in [0.25, 0.3) is 0 Å². The van der Waals surface area contributed by atoms with Crippen LogP contribution >= 0.6 is 0 Å². The maximum absolute atomic E-state index is 11.2. The molecule has 0 aliphatic rings. The second-order valence-electron chi connectivity index (χ2n) is 5.96. The van der Waals surface area contributed by atoms with Crippen molar-refractivity contribution in [3.63, 3.8) is 0 Å². The lowest BCUT2D eigenvalue weighted by Gasteiger charge is -2.11. The van der Waals surface area contributed by atoms with Gasteiger partial charge in [0, 0.05) is 35.0 Å².